The van der Waals surface area contributed by atoms with E-state index >= 15 is 0 Å². The lowest BCUT2D eigenvalue weighted by molar-refractivity contribution is -0.152. The molecule has 84 valence electrons. The number of rotatable bonds is 3. The maximum atomic E-state index is 11.6. The number of likely N-dealkylation sites (tertiary alicyclic amines) is 1. The second-order valence-corrected chi connectivity index (χ2v) is 4.17. The molecule has 0 saturated carbocycles. The van der Waals surface area contributed by atoms with Crippen molar-refractivity contribution in [1.82, 2.24) is 4.90 Å². The Bertz CT molecular complexity index is 408. The number of nitrogens with zero attached hydrogens (tertiary/aromatic N) is 1. The van der Waals surface area contributed by atoms with Crippen LogP contribution in [0.1, 0.15) is 24.0 Å². The van der Waals surface area contributed by atoms with Crippen LogP contribution in [-0.2, 0) is 16.0 Å². The van der Waals surface area contributed by atoms with Crippen molar-refractivity contribution in [3.05, 3.63) is 35.4 Å². The number of benzene rings is 1. The van der Waals surface area contributed by atoms with E-state index in [9.17, 15) is 9.59 Å². The number of carbonyl (C=O) groups is 2. The van der Waals surface area contributed by atoms with Gasteiger partial charge in [-0.1, -0.05) is 29.8 Å². The van der Waals surface area contributed by atoms with Gasteiger partial charge in [0.1, 0.15) is 0 Å². The second kappa shape index (κ2) is 4.47. The van der Waals surface area contributed by atoms with Crippen LogP contribution in [0.25, 0.3) is 0 Å². The van der Waals surface area contributed by atoms with Crippen molar-refractivity contribution in [1.29, 1.82) is 0 Å². The average Bonchev–Trinajstić information content (AvgIpc) is 2.26. The highest BCUT2D eigenvalue weighted by Gasteiger charge is 2.29. The fourth-order valence-corrected chi connectivity index (χ4v) is 1.72. The highest BCUT2D eigenvalue weighted by molar-refractivity contribution is 5.99. The van der Waals surface area contributed by atoms with Crippen molar-refractivity contribution in [2.24, 2.45) is 0 Å². The van der Waals surface area contributed by atoms with Gasteiger partial charge in [0.25, 0.3) is 0 Å². The Hall–Kier alpha value is -1.64. The third kappa shape index (κ3) is 2.30. The van der Waals surface area contributed by atoms with Gasteiger partial charge in [-0.2, -0.15) is 0 Å². The first kappa shape index (κ1) is 10.9. The van der Waals surface area contributed by atoms with Crippen LogP contribution in [0.2, 0.25) is 0 Å². The summed E-state index contributed by atoms with van der Waals surface area (Å²) in [5.41, 5.74) is 2.36. The van der Waals surface area contributed by atoms with Crippen molar-refractivity contribution in [3.63, 3.8) is 0 Å². The summed E-state index contributed by atoms with van der Waals surface area (Å²) in [5, 5.41) is 0. The number of β-lactam (4-membered cyclic amide) rings is 1. The normalized spacial score (nSPS) is 14.8. The van der Waals surface area contributed by atoms with E-state index in [-0.39, 0.29) is 11.8 Å². The van der Waals surface area contributed by atoms with E-state index in [1.807, 2.05) is 31.2 Å². The van der Waals surface area contributed by atoms with E-state index in [0.29, 0.717) is 25.8 Å². The predicted octanol–water partition coefficient (Wildman–Crippen LogP) is 1.69. The highest BCUT2D eigenvalue weighted by Crippen LogP contribution is 2.12. The quantitative estimate of drug-likeness (QED) is 0.722. The Balaban J connectivity index is 1.85. The van der Waals surface area contributed by atoms with Gasteiger partial charge < -0.3 is 0 Å². The van der Waals surface area contributed by atoms with Crippen LogP contribution in [0, 0.1) is 6.92 Å². The minimum atomic E-state index is -0.0446. The topological polar surface area (TPSA) is 37.4 Å². The molecule has 2 amide bonds. The van der Waals surface area contributed by atoms with Crippen LogP contribution in [0.5, 0.6) is 0 Å². The maximum absolute atomic E-state index is 11.6. The molecule has 2 rings (SSSR count). The number of hydrogen-bond donors (Lipinski definition) is 0. The SMILES string of the molecule is Cc1ccc(CCC(=O)N2CCC2=O)cc1. The molecule has 0 radical (unpaired) electrons. The largest absolute Gasteiger partial charge is 0.282 e. The lowest BCUT2D eigenvalue weighted by atomic mass is 10.1. The molecule has 1 aliphatic heterocycles. The smallest absolute Gasteiger partial charge is 0.230 e. The van der Waals surface area contributed by atoms with Gasteiger partial charge >= 0.3 is 0 Å². The van der Waals surface area contributed by atoms with Crippen molar-refractivity contribution >= 4 is 11.8 Å². The molecule has 1 aromatic carbocycles. The molecule has 1 fully saturated rings. The monoisotopic (exact) mass is 217 g/mol. The molecule has 0 aromatic heterocycles. The summed E-state index contributed by atoms with van der Waals surface area (Å²) in [4.78, 5) is 24.0. The summed E-state index contributed by atoms with van der Waals surface area (Å²) in [6.45, 7) is 2.64. The minimum absolute atomic E-state index is 0.0334. The van der Waals surface area contributed by atoms with Gasteiger partial charge in [0.2, 0.25) is 11.8 Å². The zero-order valence-electron chi connectivity index (χ0n) is 9.40. The van der Waals surface area contributed by atoms with Crippen LogP contribution in [0.4, 0.5) is 0 Å². The van der Waals surface area contributed by atoms with Crippen LogP contribution in [0.15, 0.2) is 24.3 Å². The summed E-state index contributed by atoms with van der Waals surface area (Å²) in [6, 6.07) is 8.13. The van der Waals surface area contributed by atoms with Gasteiger partial charge in [-0.3, -0.25) is 14.5 Å². The molecule has 3 nitrogen and oxygen atoms in total. The lowest BCUT2D eigenvalue weighted by Gasteiger charge is -2.28. The summed E-state index contributed by atoms with van der Waals surface area (Å²) >= 11 is 0. The summed E-state index contributed by atoms with van der Waals surface area (Å²) in [5.74, 6) is -0.0780. The summed E-state index contributed by atoms with van der Waals surface area (Å²) in [7, 11) is 0. The van der Waals surface area contributed by atoms with Crippen molar-refractivity contribution in [2.45, 2.75) is 26.2 Å². The Morgan fingerprint density at radius 2 is 2.00 bits per heavy atom. The predicted molar refractivity (Wildman–Crippen MR) is 60.8 cm³/mol. The van der Waals surface area contributed by atoms with Gasteiger partial charge in [-0.05, 0) is 18.9 Å². The summed E-state index contributed by atoms with van der Waals surface area (Å²) < 4.78 is 0. The highest BCUT2D eigenvalue weighted by atomic mass is 16.2. The summed E-state index contributed by atoms with van der Waals surface area (Å²) in [6.07, 6.45) is 1.66. The Morgan fingerprint density at radius 1 is 1.31 bits per heavy atom. The van der Waals surface area contributed by atoms with Crippen LogP contribution in [-0.4, -0.2) is 23.3 Å². The fraction of sp³-hybridized carbons (Fsp3) is 0.385. The third-order valence-electron chi connectivity index (χ3n) is 2.90. The molecular weight excluding hydrogens is 202 g/mol. The van der Waals surface area contributed by atoms with Gasteiger partial charge in [-0.15, -0.1) is 0 Å². The number of hydrogen-bond acceptors (Lipinski definition) is 2. The van der Waals surface area contributed by atoms with E-state index in [4.69, 9.17) is 0 Å². The van der Waals surface area contributed by atoms with Crippen LogP contribution < -0.4 is 0 Å². The third-order valence-corrected chi connectivity index (χ3v) is 2.90. The molecule has 1 aromatic rings. The number of carbonyl (C=O) groups excluding carboxylic acids is 2. The maximum Gasteiger partial charge on any atom is 0.230 e. The molecule has 0 aliphatic carbocycles. The molecule has 16 heavy (non-hydrogen) atoms. The molecule has 0 N–H and O–H groups in total. The zero-order valence-corrected chi connectivity index (χ0v) is 9.40. The molecule has 1 saturated heterocycles. The second-order valence-electron chi connectivity index (χ2n) is 4.17. The van der Waals surface area contributed by atoms with E-state index < -0.39 is 0 Å². The van der Waals surface area contributed by atoms with Crippen LogP contribution >= 0.6 is 0 Å². The number of aryl methyl sites for hydroxylation is 2. The van der Waals surface area contributed by atoms with Crippen molar-refractivity contribution in [2.75, 3.05) is 6.54 Å². The van der Waals surface area contributed by atoms with E-state index in [2.05, 4.69) is 0 Å². The van der Waals surface area contributed by atoms with Gasteiger partial charge in [0, 0.05) is 19.4 Å². The van der Waals surface area contributed by atoms with Crippen molar-refractivity contribution in [3.8, 4) is 0 Å². The molecule has 1 heterocycles. The molecule has 1 aliphatic rings. The van der Waals surface area contributed by atoms with Gasteiger partial charge in [0.15, 0.2) is 0 Å². The number of amides is 2. The standard InChI is InChI=1S/C13H15NO2/c1-10-2-4-11(5-3-10)6-7-12(15)14-9-8-13(14)16/h2-5H,6-9H2,1H3. The molecule has 0 atom stereocenters. The minimum Gasteiger partial charge on any atom is -0.282 e. The van der Waals surface area contributed by atoms with E-state index in [1.54, 1.807) is 0 Å². The number of imide groups is 1. The van der Waals surface area contributed by atoms with E-state index in [0.717, 1.165) is 5.56 Å². The first-order valence-corrected chi connectivity index (χ1v) is 5.55. The molecule has 3 heteroatoms. The molecule has 0 spiro atoms. The molecular formula is C13H15NO2. The Labute approximate surface area is 95.1 Å². The molecule has 0 unspecified atom stereocenters. The average molecular weight is 217 g/mol. The lowest BCUT2D eigenvalue weighted by Crippen LogP contribution is -2.47. The first-order valence-electron chi connectivity index (χ1n) is 5.55. The Morgan fingerprint density at radius 3 is 2.50 bits per heavy atom. The first-order chi connectivity index (χ1) is 7.66. The molecule has 0 bridgehead atoms. The van der Waals surface area contributed by atoms with Gasteiger partial charge in [0.05, 0.1) is 0 Å². The zero-order chi connectivity index (χ0) is 11.5. The van der Waals surface area contributed by atoms with E-state index in [1.165, 1.54) is 10.5 Å². The van der Waals surface area contributed by atoms with Gasteiger partial charge in [-0.25, -0.2) is 0 Å². The van der Waals surface area contributed by atoms with Crippen molar-refractivity contribution < 1.29 is 9.59 Å². The van der Waals surface area contributed by atoms with Crippen LogP contribution in [0.3, 0.4) is 0 Å². The Kier molecular flexibility index (Phi) is 3.04. The fourth-order valence-electron chi connectivity index (χ4n) is 1.72.